The molecule has 0 saturated carbocycles. The molecular weight excluding hydrogens is 411 g/mol. The van der Waals surface area contributed by atoms with Gasteiger partial charge in [-0.25, -0.2) is 4.39 Å². The number of hydrogen-bond acceptors (Lipinski definition) is 5. The van der Waals surface area contributed by atoms with Gasteiger partial charge in [-0.05, 0) is 48.4 Å². The highest BCUT2D eigenvalue weighted by Gasteiger charge is 2.46. The molecule has 1 aliphatic rings. The topological polar surface area (TPSA) is 79.7 Å². The average molecular weight is 432 g/mol. The Bertz CT molecular complexity index is 1210. The number of hydrogen-bond donors (Lipinski definition) is 1. The Morgan fingerprint density at radius 2 is 1.78 bits per heavy atom. The highest BCUT2D eigenvalue weighted by Crippen LogP contribution is 2.40. The lowest BCUT2D eigenvalue weighted by molar-refractivity contribution is -0.140. The molecule has 0 radical (unpaired) electrons. The zero-order valence-electron chi connectivity index (χ0n) is 17.6. The number of aryl methyl sites for hydroxylation is 1. The van der Waals surface area contributed by atoms with E-state index in [0.29, 0.717) is 5.56 Å². The van der Waals surface area contributed by atoms with Crippen molar-refractivity contribution in [1.82, 2.24) is 9.88 Å². The molecule has 2 heterocycles. The summed E-state index contributed by atoms with van der Waals surface area (Å²) in [7, 11) is 1.33. The Morgan fingerprint density at radius 3 is 2.41 bits per heavy atom. The van der Waals surface area contributed by atoms with E-state index in [1.807, 2.05) is 31.2 Å². The van der Waals surface area contributed by atoms with Crippen LogP contribution in [0.25, 0.3) is 5.76 Å². The molecule has 162 valence electrons. The molecule has 0 aliphatic carbocycles. The van der Waals surface area contributed by atoms with Crippen LogP contribution in [0.5, 0.6) is 5.75 Å². The smallest absolute Gasteiger partial charge is 0.295 e. The summed E-state index contributed by atoms with van der Waals surface area (Å²) in [6.07, 6.45) is 3.21. The molecule has 3 aromatic rings. The molecule has 0 spiro atoms. The van der Waals surface area contributed by atoms with Gasteiger partial charge in [-0.1, -0.05) is 29.8 Å². The molecule has 6 nitrogen and oxygen atoms in total. The highest BCUT2D eigenvalue weighted by atomic mass is 19.1. The number of methoxy groups -OCH3 is 1. The van der Waals surface area contributed by atoms with E-state index in [4.69, 9.17) is 4.74 Å². The van der Waals surface area contributed by atoms with E-state index in [1.54, 1.807) is 24.5 Å². The number of nitrogens with zero attached hydrogens (tertiary/aromatic N) is 2. The second-order valence-electron chi connectivity index (χ2n) is 7.54. The van der Waals surface area contributed by atoms with Crippen LogP contribution in [0.3, 0.4) is 0 Å². The van der Waals surface area contributed by atoms with Crippen LogP contribution < -0.4 is 4.74 Å². The predicted molar refractivity (Wildman–Crippen MR) is 116 cm³/mol. The third-order valence-corrected chi connectivity index (χ3v) is 5.46. The fraction of sp³-hybridized carbons (Fsp3) is 0.160. The van der Waals surface area contributed by atoms with Gasteiger partial charge in [0.15, 0.2) is 11.6 Å². The van der Waals surface area contributed by atoms with Gasteiger partial charge in [0, 0.05) is 24.5 Å². The van der Waals surface area contributed by atoms with E-state index < -0.39 is 29.3 Å². The molecule has 1 N–H and O–H groups in total. The van der Waals surface area contributed by atoms with Gasteiger partial charge in [0.2, 0.25) is 0 Å². The minimum atomic E-state index is -0.825. The molecule has 1 unspecified atom stereocenters. The van der Waals surface area contributed by atoms with Crippen molar-refractivity contribution >= 4 is 17.4 Å². The Labute approximate surface area is 184 Å². The van der Waals surface area contributed by atoms with Gasteiger partial charge in [0.25, 0.3) is 11.7 Å². The van der Waals surface area contributed by atoms with Crippen LogP contribution in [0.15, 0.2) is 72.6 Å². The Kier molecular flexibility index (Phi) is 5.73. The minimum Gasteiger partial charge on any atom is -0.507 e. The molecule has 1 fully saturated rings. The molecular formula is C25H21FN2O4. The average Bonchev–Trinajstić information content (AvgIpc) is 3.04. The van der Waals surface area contributed by atoms with E-state index in [2.05, 4.69) is 4.98 Å². The Balaban J connectivity index is 1.86. The number of aromatic nitrogens is 1. The summed E-state index contributed by atoms with van der Waals surface area (Å²) in [4.78, 5) is 31.4. The zero-order valence-corrected chi connectivity index (χ0v) is 17.6. The number of ether oxygens (including phenoxy) is 1. The largest absolute Gasteiger partial charge is 0.507 e. The van der Waals surface area contributed by atoms with Gasteiger partial charge in [0.1, 0.15) is 5.76 Å². The molecule has 1 aromatic heterocycles. The molecule has 1 aliphatic heterocycles. The van der Waals surface area contributed by atoms with Crippen LogP contribution in [0.4, 0.5) is 4.39 Å². The second-order valence-corrected chi connectivity index (χ2v) is 7.54. The van der Waals surface area contributed by atoms with Gasteiger partial charge >= 0.3 is 0 Å². The summed E-state index contributed by atoms with van der Waals surface area (Å²) < 4.78 is 19.2. The Morgan fingerprint density at radius 1 is 1.09 bits per heavy atom. The summed E-state index contributed by atoms with van der Waals surface area (Å²) in [5.41, 5.74) is 2.46. The molecule has 32 heavy (non-hydrogen) atoms. The van der Waals surface area contributed by atoms with Crippen LogP contribution >= 0.6 is 0 Å². The maximum Gasteiger partial charge on any atom is 0.295 e. The number of aliphatic hydroxyl groups excluding tert-OH is 1. The van der Waals surface area contributed by atoms with Crippen molar-refractivity contribution in [3.05, 3.63) is 101 Å². The molecule has 7 heteroatoms. The predicted octanol–water partition coefficient (Wildman–Crippen LogP) is 4.16. The third kappa shape index (κ3) is 3.85. The number of ketones is 1. The fourth-order valence-corrected chi connectivity index (χ4v) is 3.79. The summed E-state index contributed by atoms with van der Waals surface area (Å²) in [5, 5.41) is 11.0. The molecule has 1 saturated heterocycles. The van der Waals surface area contributed by atoms with Crippen molar-refractivity contribution in [3.8, 4) is 5.75 Å². The lowest BCUT2D eigenvalue weighted by Gasteiger charge is -2.25. The van der Waals surface area contributed by atoms with Gasteiger partial charge in [0.05, 0.1) is 18.7 Å². The second kappa shape index (κ2) is 8.63. The number of carbonyl (C=O) groups excluding carboxylic acids is 2. The first kappa shape index (κ1) is 21.2. The van der Waals surface area contributed by atoms with E-state index in [0.717, 1.165) is 17.2 Å². The lowest BCUT2D eigenvalue weighted by atomic mass is 9.94. The highest BCUT2D eigenvalue weighted by molar-refractivity contribution is 6.46. The first-order chi connectivity index (χ1) is 15.4. The standard InChI is InChI=1S/C25H21FN2O4/c1-15-3-5-17(6-4-15)22-21(23(29)18-7-8-20(32-2)19(26)13-18)24(30)25(31)28(22)14-16-9-11-27-12-10-16/h3-13,22,29H,14H2,1-2H3/b23-21+. The van der Waals surface area contributed by atoms with Crippen LogP contribution in [-0.4, -0.2) is 33.8 Å². The number of amides is 1. The summed E-state index contributed by atoms with van der Waals surface area (Å²) in [6, 6.07) is 13.9. The van der Waals surface area contributed by atoms with Gasteiger partial charge in [-0.3, -0.25) is 14.6 Å². The van der Waals surface area contributed by atoms with Crippen LogP contribution in [0, 0.1) is 12.7 Å². The van der Waals surface area contributed by atoms with Crippen molar-refractivity contribution in [3.63, 3.8) is 0 Å². The summed E-state index contributed by atoms with van der Waals surface area (Å²) >= 11 is 0. The number of pyridine rings is 1. The molecule has 4 rings (SSSR count). The van der Waals surface area contributed by atoms with Crippen molar-refractivity contribution in [2.75, 3.05) is 7.11 Å². The first-order valence-electron chi connectivity index (χ1n) is 9.98. The lowest BCUT2D eigenvalue weighted by Crippen LogP contribution is -2.29. The number of halogens is 1. The van der Waals surface area contributed by atoms with E-state index in [9.17, 15) is 19.1 Å². The third-order valence-electron chi connectivity index (χ3n) is 5.46. The minimum absolute atomic E-state index is 0.00905. The van der Waals surface area contributed by atoms with Crippen molar-refractivity contribution in [2.24, 2.45) is 0 Å². The zero-order chi connectivity index (χ0) is 22.8. The molecule has 1 atom stereocenters. The monoisotopic (exact) mass is 432 g/mol. The maximum atomic E-state index is 14.3. The number of aliphatic hydroxyl groups is 1. The van der Waals surface area contributed by atoms with Gasteiger partial charge in [-0.15, -0.1) is 0 Å². The van der Waals surface area contributed by atoms with Gasteiger partial charge in [-0.2, -0.15) is 0 Å². The number of carbonyl (C=O) groups is 2. The van der Waals surface area contributed by atoms with Crippen molar-refractivity contribution < 1.29 is 23.8 Å². The quantitative estimate of drug-likeness (QED) is 0.372. The van der Waals surface area contributed by atoms with E-state index in [1.165, 1.54) is 24.1 Å². The maximum absolute atomic E-state index is 14.3. The number of Topliss-reactive ketones (excluding diaryl/α,β-unsaturated/α-hetero) is 1. The van der Waals surface area contributed by atoms with Gasteiger partial charge < -0.3 is 14.7 Å². The number of rotatable bonds is 5. The van der Waals surface area contributed by atoms with Crippen LogP contribution in [-0.2, 0) is 16.1 Å². The summed E-state index contributed by atoms with van der Waals surface area (Å²) in [5.74, 6) is -2.67. The van der Waals surface area contributed by atoms with E-state index >= 15 is 0 Å². The number of benzene rings is 2. The normalized spacial score (nSPS) is 17.6. The van der Waals surface area contributed by atoms with Crippen LogP contribution in [0.1, 0.15) is 28.3 Å². The fourth-order valence-electron chi connectivity index (χ4n) is 3.79. The molecule has 2 aromatic carbocycles. The summed E-state index contributed by atoms with van der Waals surface area (Å²) in [6.45, 7) is 2.08. The number of likely N-dealkylation sites (tertiary alicyclic amines) is 1. The van der Waals surface area contributed by atoms with Crippen molar-refractivity contribution in [2.45, 2.75) is 19.5 Å². The Hall–Kier alpha value is -4.00. The van der Waals surface area contributed by atoms with Crippen LogP contribution in [0.2, 0.25) is 0 Å². The molecule has 0 bridgehead atoms. The van der Waals surface area contributed by atoms with E-state index in [-0.39, 0.29) is 23.4 Å². The van der Waals surface area contributed by atoms with Crippen molar-refractivity contribution in [1.29, 1.82) is 0 Å². The SMILES string of the molecule is COc1ccc(/C(O)=C2\C(=O)C(=O)N(Cc3ccncc3)C2c2ccc(C)cc2)cc1F. The first-order valence-corrected chi connectivity index (χ1v) is 9.98. The molecule has 1 amide bonds.